The number of hydrogen-bond acceptors (Lipinski definition) is 2. The van der Waals surface area contributed by atoms with Crippen LogP contribution in [0.2, 0.25) is 0 Å². The monoisotopic (exact) mass is 326 g/mol. The quantitative estimate of drug-likeness (QED) is 0.912. The fourth-order valence-corrected chi connectivity index (χ4v) is 3.71. The Morgan fingerprint density at radius 2 is 1.96 bits per heavy atom. The van der Waals surface area contributed by atoms with Gasteiger partial charge in [-0.2, -0.15) is 0 Å². The average molecular weight is 326 g/mol. The summed E-state index contributed by atoms with van der Waals surface area (Å²) in [4.78, 5) is 31.0. The SMILES string of the molecule is CC(C)[C@@H]1CC[C@H](C)CCN1C(=O)c1c[nH]c2ccccc2c1=O. The summed E-state index contributed by atoms with van der Waals surface area (Å²) in [7, 11) is 0. The Bertz CT molecular complexity index is 794. The molecule has 4 heteroatoms. The van der Waals surface area contributed by atoms with Gasteiger partial charge in [0.25, 0.3) is 5.91 Å². The van der Waals surface area contributed by atoms with E-state index in [1.165, 1.54) is 0 Å². The maximum absolute atomic E-state index is 13.1. The summed E-state index contributed by atoms with van der Waals surface area (Å²) in [6.45, 7) is 7.29. The second-order valence-electron chi connectivity index (χ2n) is 7.36. The number of carbonyl (C=O) groups is 1. The molecule has 2 heterocycles. The Morgan fingerprint density at radius 1 is 1.21 bits per heavy atom. The molecular formula is C20H26N2O2. The van der Waals surface area contributed by atoms with Gasteiger partial charge in [0.2, 0.25) is 5.43 Å². The molecular weight excluding hydrogens is 300 g/mol. The lowest BCUT2D eigenvalue weighted by Gasteiger charge is -2.32. The highest BCUT2D eigenvalue weighted by atomic mass is 16.2. The predicted molar refractivity (Wildman–Crippen MR) is 97.2 cm³/mol. The number of amides is 1. The first-order valence-corrected chi connectivity index (χ1v) is 8.90. The molecule has 0 radical (unpaired) electrons. The first kappa shape index (κ1) is 16.7. The lowest BCUT2D eigenvalue weighted by molar-refractivity contribution is 0.0630. The highest BCUT2D eigenvalue weighted by Crippen LogP contribution is 2.27. The molecule has 1 aliphatic heterocycles. The molecule has 1 amide bonds. The van der Waals surface area contributed by atoms with E-state index in [4.69, 9.17) is 0 Å². The van der Waals surface area contributed by atoms with Gasteiger partial charge < -0.3 is 9.88 Å². The maximum Gasteiger partial charge on any atom is 0.259 e. The van der Waals surface area contributed by atoms with Crippen LogP contribution in [-0.4, -0.2) is 28.4 Å². The minimum absolute atomic E-state index is 0.130. The van der Waals surface area contributed by atoms with Gasteiger partial charge in [-0.1, -0.05) is 32.9 Å². The van der Waals surface area contributed by atoms with Crippen molar-refractivity contribution in [1.29, 1.82) is 0 Å². The lowest BCUT2D eigenvalue weighted by Crippen LogP contribution is -2.44. The molecule has 128 valence electrons. The summed E-state index contributed by atoms with van der Waals surface area (Å²) in [5.74, 6) is 0.882. The second kappa shape index (κ2) is 6.80. The van der Waals surface area contributed by atoms with Crippen molar-refractivity contribution < 1.29 is 4.79 Å². The Morgan fingerprint density at radius 3 is 2.71 bits per heavy atom. The second-order valence-corrected chi connectivity index (χ2v) is 7.36. The number of H-pyrrole nitrogens is 1. The Hall–Kier alpha value is -2.10. The van der Waals surface area contributed by atoms with Crippen molar-refractivity contribution >= 4 is 16.8 Å². The summed E-state index contributed by atoms with van der Waals surface area (Å²) in [5.41, 5.74) is 0.854. The van der Waals surface area contributed by atoms with Crippen molar-refractivity contribution in [2.75, 3.05) is 6.54 Å². The van der Waals surface area contributed by atoms with Crippen LogP contribution in [0.5, 0.6) is 0 Å². The van der Waals surface area contributed by atoms with Crippen LogP contribution in [0.3, 0.4) is 0 Å². The zero-order valence-corrected chi connectivity index (χ0v) is 14.7. The number of likely N-dealkylation sites (tertiary alicyclic amines) is 1. The molecule has 2 atom stereocenters. The van der Waals surface area contributed by atoms with Crippen LogP contribution in [0, 0.1) is 11.8 Å². The van der Waals surface area contributed by atoms with Crippen molar-refractivity contribution in [2.45, 2.75) is 46.1 Å². The van der Waals surface area contributed by atoms with E-state index in [1.54, 1.807) is 12.3 Å². The molecule has 0 bridgehead atoms. The average Bonchev–Trinajstić information content (AvgIpc) is 2.77. The largest absolute Gasteiger partial charge is 0.360 e. The minimum Gasteiger partial charge on any atom is -0.360 e. The Labute approximate surface area is 142 Å². The number of nitrogens with one attached hydrogen (secondary N) is 1. The third kappa shape index (κ3) is 3.10. The number of rotatable bonds is 2. The van der Waals surface area contributed by atoms with Crippen molar-refractivity contribution in [3.05, 3.63) is 46.2 Å². The fourth-order valence-electron chi connectivity index (χ4n) is 3.71. The van der Waals surface area contributed by atoms with Gasteiger partial charge in [-0.3, -0.25) is 9.59 Å². The number of carbonyl (C=O) groups excluding carboxylic acids is 1. The summed E-state index contributed by atoms with van der Waals surface area (Å²) < 4.78 is 0. The van der Waals surface area contributed by atoms with Gasteiger partial charge in [0.15, 0.2) is 0 Å². The number of aromatic amines is 1. The number of para-hydroxylation sites is 1. The van der Waals surface area contributed by atoms with E-state index < -0.39 is 0 Å². The van der Waals surface area contributed by atoms with Gasteiger partial charge in [-0.05, 0) is 43.2 Å². The zero-order chi connectivity index (χ0) is 17.3. The van der Waals surface area contributed by atoms with Crippen LogP contribution in [0.4, 0.5) is 0 Å². The molecule has 1 N–H and O–H groups in total. The van der Waals surface area contributed by atoms with Crippen molar-refractivity contribution in [1.82, 2.24) is 9.88 Å². The molecule has 1 aliphatic rings. The van der Waals surface area contributed by atoms with E-state index >= 15 is 0 Å². The molecule has 0 unspecified atom stereocenters. The third-order valence-electron chi connectivity index (χ3n) is 5.27. The van der Waals surface area contributed by atoms with Gasteiger partial charge >= 0.3 is 0 Å². The highest BCUT2D eigenvalue weighted by Gasteiger charge is 2.31. The van der Waals surface area contributed by atoms with E-state index in [2.05, 4.69) is 25.8 Å². The summed E-state index contributed by atoms with van der Waals surface area (Å²) in [6, 6.07) is 7.54. The Kier molecular flexibility index (Phi) is 4.74. The van der Waals surface area contributed by atoms with Crippen molar-refractivity contribution in [3.63, 3.8) is 0 Å². The van der Waals surface area contributed by atoms with Crippen LogP contribution in [-0.2, 0) is 0 Å². The first-order valence-electron chi connectivity index (χ1n) is 8.90. The van der Waals surface area contributed by atoms with E-state index in [0.29, 0.717) is 17.2 Å². The topological polar surface area (TPSA) is 53.2 Å². The molecule has 4 nitrogen and oxygen atoms in total. The number of benzene rings is 1. The lowest BCUT2D eigenvalue weighted by atomic mass is 9.95. The van der Waals surface area contributed by atoms with Gasteiger partial charge in [0, 0.05) is 29.7 Å². The molecule has 1 aromatic carbocycles. The minimum atomic E-state index is -0.172. The molecule has 2 aromatic rings. The number of pyridine rings is 1. The molecule has 0 saturated carbocycles. The van der Waals surface area contributed by atoms with E-state index in [-0.39, 0.29) is 22.9 Å². The summed E-state index contributed by atoms with van der Waals surface area (Å²) in [6.07, 6.45) is 4.73. The zero-order valence-electron chi connectivity index (χ0n) is 14.7. The number of aromatic nitrogens is 1. The molecule has 24 heavy (non-hydrogen) atoms. The van der Waals surface area contributed by atoms with Gasteiger partial charge in [-0.15, -0.1) is 0 Å². The van der Waals surface area contributed by atoms with E-state index in [9.17, 15) is 9.59 Å². The number of fused-ring (bicyclic) bond motifs is 1. The summed E-state index contributed by atoms with van der Waals surface area (Å²) >= 11 is 0. The molecule has 3 rings (SSSR count). The van der Waals surface area contributed by atoms with Crippen molar-refractivity contribution in [3.8, 4) is 0 Å². The van der Waals surface area contributed by atoms with Gasteiger partial charge in [0.05, 0.1) is 0 Å². The van der Waals surface area contributed by atoms with Crippen LogP contribution >= 0.6 is 0 Å². The summed E-state index contributed by atoms with van der Waals surface area (Å²) in [5, 5.41) is 0.577. The molecule has 0 aliphatic carbocycles. The number of hydrogen-bond donors (Lipinski definition) is 1. The first-order chi connectivity index (χ1) is 11.5. The normalized spacial score (nSPS) is 21.9. The van der Waals surface area contributed by atoms with Gasteiger partial charge in [-0.25, -0.2) is 0 Å². The molecule has 1 saturated heterocycles. The van der Waals surface area contributed by atoms with Crippen LogP contribution in [0.1, 0.15) is 50.4 Å². The highest BCUT2D eigenvalue weighted by molar-refractivity contribution is 5.97. The van der Waals surface area contributed by atoms with Crippen LogP contribution in [0.25, 0.3) is 10.9 Å². The van der Waals surface area contributed by atoms with E-state index in [0.717, 1.165) is 31.3 Å². The fraction of sp³-hybridized carbons (Fsp3) is 0.500. The molecule has 1 fully saturated rings. The molecule has 1 aromatic heterocycles. The maximum atomic E-state index is 13.1. The number of nitrogens with zero attached hydrogens (tertiary/aromatic N) is 1. The predicted octanol–water partition coefficient (Wildman–Crippen LogP) is 3.81. The van der Waals surface area contributed by atoms with Crippen LogP contribution < -0.4 is 5.43 Å². The van der Waals surface area contributed by atoms with Crippen LogP contribution in [0.15, 0.2) is 35.3 Å². The Balaban J connectivity index is 2.00. The third-order valence-corrected chi connectivity index (χ3v) is 5.27. The molecule has 0 spiro atoms. The standard InChI is InChI=1S/C20H26N2O2/c1-13(2)18-9-8-14(3)10-11-22(18)20(24)16-12-21-17-7-5-4-6-15(17)19(16)23/h4-7,12-14,18H,8-11H2,1-3H3,(H,21,23)/t14-,18-/m0/s1. The van der Waals surface area contributed by atoms with Crippen molar-refractivity contribution in [2.24, 2.45) is 11.8 Å². The smallest absolute Gasteiger partial charge is 0.259 e. The van der Waals surface area contributed by atoms with E-state index in [1.807, 2.05) is 23.1 Å². The van der Waals surface area contributed by atoms with Gasteiger partial charge in [0.1, 0.15) is 5.56 Å².